The maximum Gasteiger partial charge on any atom is 0.308 e. The van der Waals surface area contributed by atoms with E-state index in [4.69, 9.17) is 16.7 Å². The number of carboxylic acids is 1. The van der Waals surface area contributed by atoms with E-state index in [-0.39, 0.29) is 6.54 Å². The lowest BCUT2D eigenvalue weighted by molar-refractivity contribution is -0.140. The molecule has 0 fully saturated rings. The number of pyridine rings is 1. The first-order valence-electron chi connectivity index (χ1n) is 5.95. The van der Waals surface area contributed by atoms with Crippen LogP contribution in [0.5, 0.6) is 0 Å². The van der Waals surface area contributed by atoms with Gasteiger partial charge in [0.2, 0.25) is 0 Å². The van der Waals surface area contributed by atoms with Gasteiger partial charge >= 0.3 is 5.97 Å². The van der Waals surface area contributed by atoms with Crippen LogP contribution in [-0.2, 0) is 4.79 Å². The van der Waals surface area contributed by atoms with Crippen LogP contribution in [0.25, 0.3) is 5.65 Å². The van der Waals surface area contributed by atoms with Crippen LogP contribution in [0.1, 0.15) is 12.6 Å². The van der Waals surface area contributed by atoms with E-state index in [1.54, 1.807) is 41.6 Å². The minimum atomic E-state index is -0.887. The van der Waals surface area contributed by atoms with Crippen molar-refractivity contribution in [3.05, 3.63) is 29.0 Å². The molecule has 0 saturated heterocycles. The van der Waals surface area contributed by atoms with E-state index in [0.717, 1.165) is 0 Å². The number of anilines is 1. The first-order chi connectivity index (χ1) is 9.43. The Bertz CT molecular complexity index is 704. The van der Waals surface area contributed by atoms with E-state index in [9.17, 15) is 10.1 Å². The van der Waals surface area contributed by atoms with Crippen LogP contribution < -0.4 is 4.90 Å². The van der Waals surface area contributed by atoms with Gasteiger partial charge in [-0.2, -0.15) is 5.26 Å². The van der Waals surface area contributed by atoms with Gasteiger partial charge in [-0.15, -0.1) is 0 Å². The number of hydrogen-bond donors (Lipinski definition) is 1. The van der Waals surface area contributed by atoms with Crippen LogP contribution in [0.4, 0.5) is 5.82 Å². The smallest absolute Gasteiger partial charge is 0.308 e. The monoisotopic (exact) mass is 292 g/mol. The van der Waals surface area contributed by atoms with Gasteiger partial charge < -0.3 is 10.0 Å². The number of carboxylic acid groups (broad SMARTS) is 1. The van der Waals surface area contributed by atoms with Crippen molar-refractivity contribution in [2.75, 3.05) is 18.5 Å². The number of aliphatic carboxylic acids is 1. The molecule has 0 saturated carbocycles. The van der Waals surface area contributed by atoms with Crippen molar-refractivity contribution < 1.29 is 9.90 Å². The van der Waals surface area contributed by atoms with Gasteiger partial charge in [0.05, 0.1) is 5.92 Å². The van der Waals surface area contributed by atoms with Gasteiger partial charge in [0.25, 0.3) is 0 Å². The number of nitrogens with zero attached hydrogens (tertiary/aromatic N) is 4. The Labute approximate surface area is 120 Å². The molecule has 7 heteroatoms. The van der Waals surface area contributed by atoms with Crippen molar-refractivity contribution in [1.82, 2.24) is 9.38 Å². The maximum absolute atomic E-state index is 10.9. The third-order valence-electron chi connectivity index (χ3n) is 3.01. The molecule has 0 aliphatic rings. The molecule has 0 spiro atoms. The summed E-state index contributed by atoms with van der Waals surface area (Å²) in [5.74, 6) is -0.995. The Morgan fingerprint density at radius 1 is 1.70 bits per heavy atom. The van der Waals surface area contributed by atoms with Crippen LogP contribution in [0.2, 0.25) is 5.02 Å². The summed E-state index contributed by atoms with van der Waals surface area (Å²) >= 11 is 5.90. The average Bonchev–Trinajstić information content (AvgIpc) is 2.75. The average molecular weight is 293 g/mol. The lowest BCUT2D eigenvalue weighted by Gasteiger charge is -2.19. The van der Waals surface area contributed by atoms with E-state index >= 15 is 0 Å². The van der Waals surface area contributed by atoms with Crippen molar-refractivity contribution in [1.29, 1.82) is 5.26 Å². The summed E-state index contributed by atoms with van der Waals surface area (Å²) in [6.45, 7) is 1.87. The molecule has 2 aromatic rings. The Balaban J connectivity index is 2.43. The number of nitriles is 1. The minimum absolute atomic E-state index is 0.266. The van der Waals surface area contributed by atoms with E-state index < -0.39 is 11.9 Å². The molecule has 2 heterocycles. The molecular formula is C13H13ClN4O2. The number of rotatable bonds is 4. The molecule has 104 valence electrons. The molecule has 2 rings (SSSR count). The Kier molecular flexibility index (Phi) is 3.81. The fourth-order valence-corrected chi connectivity index (χ4v) is 2.11. The Hall–Kier alpha value is -2.26. The van der Waals surface area contributed by atoms with E-state index in [1.807, 2.05) is 0 Å². The zero-order valence-corrected chi connectivity index (χ0v) is 11.8. The zero-order valence-electron chi connectivity index (χ0n) is 11.0. The number of carbonyl (C=O) groups is 1. The molecule has 0 radical (unpaired) electrons. The number of aromatic nitrogens is 2. The highest BCUT2D eigenvalue weighted by atomic mass is 35.5. The molecule has 0 aliphatic heterocycles. The standard InChI is InChI=1S/C13H13ClN4O2/c1-8(13(19)20)7-17(2)12-10(6-15)18-4-3-9(14)5-11(18)16-12/h3-5,8H,7H2,1-2H3,(H,19,20). The molecular weight excluding hydrogens is 280 g/mol. The summed E-state index contributed by atoms with van der Waals surface area (Å²) < 4.78 is 1.63. The van der Waals surface area contributed by atoms with Crippen molar-refractivity contribution in [3.63, 3.8) is 0 Å². The van der Waals surface area contributed by atoms with Crippen LogP contribution in [-0.4, -0.2) is 34.1 Å². The van der Waals surface area contributed by atoms with E-state index in [2.05, 4.69) is 11.1 Å². The lowest BCUT2D eigenvalue weighted by Crippen LogP contribution is -2.29. The highest BCUT2D eigenvalue weighted by molar-refractivity contribution is 6.30. The third-order valence-corrected chi connectivity index (χ3v) is 3.24. The zero-order chi connectivity index (χ0) is 14.9. The first kappa shape index (κ1) is 14.2. The summed E-state index contributed by atoms with van der Waals surface area (Å²) in [7, 11) is 1.71. The van der Waals surface area contributed by atoms with Crippen molar-refractivity contribution in [2.45, 2.75) is 6.92 Å². The second kappa shape index (κ2) is 5.39. The Morgan fingerprint density at radius 2 is 2.40 bits per heavy atom. The summed E-state index contributed by atoms with van der Waals surface area (Å²) in [6, 6.07) is 5.41. The molecule has 1 N–H and O–H groups in total. The van der Waals surface area contributed by atoms with Crippen molar-refractivity contribution in [3.8, 4) is 6.07 Å². The lowest BCUT2D eigenvalue weighted by atomic mass is 10.2. The second-order valence-corrected chi connectivity index (χ2v) is 5.03. The summed E-state index contributed by atoms with van der Waals surface area (Å²) in [4.78, 5) is 16.9. The predicted molar refractivity (Wildman–Crippen MR) is 75.0 cm³/mol. The van der Waals surface area contributed by atoms with Gasteiger partial charge in [-0.3, -0.25) is 9.20 Å². The SMILES string of the molecule is CC(CN(C)c1nc2cc(Cl)ccn2c1C#N)C(=O)O. The quantitative estimate of drug-likeness (QED) is 0.932. The van der Waals surface area contributed by atoms with Gasteiger partial charge in [-0.05, 0) is 6.07 Å². The fourth-order valence-electron chi connectivity index (χ4n) is 1.95. The predicted octanol–water partition coefficient (Wildman–Crippen LogP) is 2.02. The van der Waals surface area contributed by atoms with Crippen LogP contribution in [0, 0.1) is 17.2 Å². The molecule has 0 aromatic carbocycles. The van der Waals surface area contributed by atoms with Gasteiger partial charge in [0.15, 0.2) is 11.5 Å². The Morgan fingerprint density at radius 3 is 3.00 bits per heavy atom. The maximum atomic E-state index is 10.9. The molecule has 2 aromatic heterocycles. The van der Waals surface area contributed by atoms with Gasteiger partial charge in [0.1, 0.15) is 11.7 Å². The summed E-state index contributed by atoms with van der Waals surface area (Å²) in [5.41, 5.74) is 0.913. The van der Waals surface area contributed by atoms with Gasteiger partial charge in [0, 0.05) is 30.9 Å². The molecule has 1 atom stereocenters. The number of imidazole rings is 1. The topological polar surface area (TPSA) is 81.6 Å². The normalized spacial score (nSPS) is 12.1. The highest BCUT2D eigenvalue weighted by Crippen LogP contribution is 2.22. The molecule has 0 aliphatic carbocycles. The molecule has 0 amide bonds. The van der Waals surface area contributed by atoms with Crippen LogP contribution >= 0.6 is 11.6 Å². The molecule has 20 heavy (non-hydrogen) atoms. The van der Waals surface area contributed by atoms with Crippen molar-refractivity contribution in [2.24, 2.45) is 5.92 Å². The number of hydrogen-bond acceptors (Lipinski definition) is 4. The third kappa shape index (κ3) is 2.53. The van der Waals surface area contributed by atoms with Crippen LogP contribution in [0.3, 0.4) is 0 Å². The molecule has 6 nitrogen and oxygen atoms in total. The summed E-state index contributed by atoms with van der Waals surface area (Å²) in [5, 5.41) is 18.8. The van der Waals surface area contributed by atoms with E-state index in [0.29, 0.717) is 22.2 Å². The van der Waals surface area contributed by atoms with Gasteiger partial charge in [-0.25, -0.2) is 4.98 Å². The second-order valence-electron chi connectivity index (χ2n) is 4.59. The van der Waals surface area contributed by atoms with Crippen molar-refractivity contribution >= 4 is 29.0 Å². The minimum Gasteiger partial charge on any atom is -0.481 e. The van der Waals surface area contributed by atoms with Gasteiger partial charge in [-0.1, -0.05) is 18.5 Å². The van der Waals surface area contributed by atoms with Crippen LogP contribution in [0.15, 0.2) is 18.3 Å². The van der Waals surface area contributed by atoms with E-state index in [1.165, 1.54) is 0 Å². The first-order valence-corrected chi connectivity index (χ1v) is 6.33. The number of halogens is 1. The largest absolute Gasteiger partial charge is 0.481 e. The molecule has 0 bridgehead atoms. The summed E-state index contributed by atoms with van der Waals surface area (Å²) in [6.07, 6.45) is 1.67. The fraction of sp³-hybridized carbons (Fsp3) is 0.308. The number of fused-ring (bicyclic) bond motifs is 1. The molecule has 1 unspecified atom stereocenters. The highest BCUT2D eigenvalue weighted by Gasteiger charge is 2.20.